The van der Waals surface area contributed by atoms with Gasteiger partial charge in [0.1, 0.15) is 0 Å². The van der Waals surface area contributed by atoms with Crippen molar-refractivity contribution < 1.29 is 9.59 Å². The van der Waals surface area contributed by atoms with E-state index in [9.17, 15) is 9.59 Å². The van der Waals surface area contributed by atoms with Crippen molar-refractivity contribution in [3.63, 3.8) is 0 Å². The van der Waals surface area contributed by atoms with Gasteiger partial charge in [0.15, 0.2) is 0 Å². The van der Waals surface area contributed by atoms with Crippen LogP contribution >= 0.6 is 0 Å². The smallest absolute Gasteiger partial charge is 0.320 e. The summed E-state index contributed by atoms with van der Waals surface area (Å²) < 4.78 is 0. The highest BCUT2D eigenvalue weighted by atomic mass is 16.2. The van der Waals surface area contributed by atoms with Gasteiger partial charge < -0.3 is 16.4 Å². The molecule has 0 aliphatic carbocycles. The van der Waals surface area contributed by atoms with E-state index in [0.717, 1.165) is 16.8 Å². The highest BCUT2D eigenvalue weighted by Gasteiger charge is 2.01. The molecule has 0 aliphatic rings. The summed E-state index contributed by atoms with van der Waals surface area (Å²) in [5, 5.41) is 5.42. The Hall–Kier alpha value is -3.26. The minimum absolute atomic E-state index is 0.218. The van der Waals surface area contributed by atoms with Crippen LogP contribution in [0.3, 0.4) is 0 Å². The fourth-order valence-electron chi connectivity index (χ4n) is 1.87. The van der Waals surface area contributed by atoms with Crippen LogP contribution in [0.1, 0.15) is 21.5 Å². The van der Waals surface area contributed by atoms with E-state index in [1.807, 2.05) is 31.2 Å². The number of para-hydroxylation sites is 1. The molecule has 4 N–H and O–H groups in total. The van der Waals surface area contributed by atoms with Gasteiger partial charge >= 0.3 is 6.03 Å². The van der Waals surface area contributed by atoms with E-state index in [4.69, 9.17) is 5.73 Å². The third-order valence-corrected chi connectivity index (χ3v) is 3.13. The van der Waals surface area contributed by atoms with Crippen molar-refractivity contribution in [1.29, 1.82) is 0 Å². The van der Waals surface area contributed by atoms with Gasteiger partial charge in [0.2, 0.25) is 5.91 Å². The second kappa shape index (κ2) is 7.66. The first-order valence-electron chi connectivity index (χ1n) is 7.05. The van der Waals surface area contributed by atoms with Gasteiger partial charge in [-0.25, -0.2) is 4.79 Å². The number of amides is 3. The van der Waals surface area contributed by atoms with Crippen molar-refractivity contribution in [1.82, 2.24) is 5.32 Å². The third-order valence-electron chi connectivity index (χ3n) is 3.13. The number of urea groups is 1. The van der Waals surface area contributed by atoms with E-state index in [-0.39, 0.29) is 12.6 Å². The van der Waals surface area contributed by atoms with Gasteiger partial charge in [-0.2, -0.15) is 0 Å². The van der Waals surface area contributed by atoms with Gasteiger partial charge in [0, 0.05) is 16.8 Å². The first-order chi connectivity index (χ1) is 11.1. The fourth-order valence-corrected chi connectivity index (χ4v) is 1.87. The van der Waals surface area contributed by atoms with Gasteiger partial charge in [0.25, 0.3) is 0 Å². The van der Waals surface area contributed by atoms with Gasteiger partial charge in [0.05, 0.1) is 6.54 Å². The van der Waals surface area contributed by atoms with E-state index in [1.54, 1.807) is 24.3 Å². The van der Waals surface area contributed by atoms with Gasteiger partial charge in [-0.05, 0) is 42.8 Å². The quantitative estimate of drug-likeness (QED) is 0.760. The zero-order chi connectivity index (χ0) is 16.7. The zero-order valence-corrected chi connectivity index (χ0v) is 12.7. The molecule has 2 aromatic carbocycles. The summed E-state index contributed by atoms with van der Waals surface area (Å²) in [6.45, 7) is 2.14. The Kier molecular flexibility index (Phi) is 5.37. The second-order valence-electron chi connectivity index (χ2n) is 4.87. The van der Waals surface area contributed by atoms with E-state index >= 15 is 0 Å². The SMILES string of the molecule is Cc1ccccc1NC(=O)NCC#Cc1ccc(C(N)=O)cc1. The molecule has 0 saturated carbocycles. The van der Waals surface area contributed by atoms with Crippen LogP contribution in [-0.2, 0) is 0 Å². The molecule has 2 aromatic rings. The lowest BCUT2D eigenvalue weighted by Gasteiger charge is -2.07. The topological polar surface area (TPSA) is 84.2 Å². The van der Waals surface area contributed by atoms with E-state index in [1.165, 1.54) is 0 Å². The minimum atomic E-state index is -0.473. The lowest BCUT2D eigenvalue weighted by atomic mass is 10.1. The Bertz CT molecular complexity index is 771. The van der Waals surface area contributed by atoms with Crippen molar-refractivity contribution in [3.8, 4) is 11.8 Å². The van der Waals surface area contributed by atoms with Gasteiger partial charge in [-0.3, -0.25) is 4.79 Å². The van der Waals surface area contributed by atoms with Crippen LogP contribution in [0, 0.1) is 18.8 Å². The Morgan fingerprint density at radius 1 is 1.09 bits per heavy atom. The Morgan fingerprint density at radius 2 is 1.78 bits per heavy atom. The van der Waals surface area contributed by atoms with Crippen LogP contribution in [-0.4, -0.2) is 18.5 Å². The molecule has 23 heavy (non-hydrogen) atoms. The largest absolute Gasteiger partial charge is 0.366 e. The number of nitrogens with one attached hydrogen (secondary N) is 2. The molecule has 2 rings (SSSR count). The maximum Gasteiger partial charge on any atom is 0.320 e. The summed E-state index contributed by atoms with van der Waals surface area (Å²) in [6, 6.07) is 13.9. The summed E-state index contributed by atoms with van der Waals surface area (Å²) in [5.41, 5.74) is 8.10. The third kappa shape index (κ3) is 4.90. The maximum atomic E-state index is 11.8. The molecule has 116 valence electrons. The molecule has 0 aliphatic heterocycles. The van der Waals surface area contributed by atoms with Crippen LogP contribution in [0.5, 0.6) is 0 Å². The standard InChI is InChI=1S/C18H17N3O2/c1-13-5-2-3-7-16(13)21-18(23)20-12-4-6-14-8-10-15(11-9-14)17(19)22/h2-3,5,7-11H,12H2,1H3,(H2,19,22)(H2,20,21,23). The molecule has 0 atom stereocenters. The molecule has 0 unspecified atom stereocenters. The normalized spacial score (nSPS) is 9.43. The highest BCUT2D eigenvalue weighted by molar-refractivity contribution is 5.92. The Morgan fingerprint density at radius 3 is 2.43 bits per heavy atom. The van der Waals surface area contributed by atoms with Crippen LogP contribution in [0.25, 0.3) is 0 Å². The monoisotopic (exact) mass is 307 g/mol. The van der Waals surface area contributed by atoms with Crippen LogP contribution in [0.4, 0.5) is 10.5 Å². The van der Waals surface area contributed by atoms with Crippen molar-refractivity contribution in [2.24, 2.45) is 5.73 Å². The van der Waals surface area contributed by atoms with E-state index in [2.05, 4.69) is 22.5 Å². The van der Waals surface area contributed by atoms with Crippen molar-refractivity contribution in [3.05, 3.63) is 65.2 Å². The minimum Gasteiger partial charge on any atom is -0.366 e. The molecule has 0 fully saturated rings. The molecule has 0 heterocycles. The van der Waals surface area contributed by atoms with Crippen molar-refractivity contribution >= 4 is 17.6 Å². The number of aryl methyl sites for hydroxylation is 1. The number of rotatable bonds is 3. The molecular weight excluding hydrogens is 290 g/mol. The first kappa shape index (κ1) is 16.1. The Labute approximate surface area is 134 Å². The maximum absolute atomic E-state index is 11.8. The molecular formula is C18H17N3O2. The predicted molar refractivity (Wildman–Crippen MR) is 90.0 cm³/mol. The molecule has 0 radical (unpaired) electrons. The number of primary amides is 1. The molecule has 3 amide bonds. The zero-order valence-electron chi connectivity index (χ0n) is 12.7. The molecule has 0 aromatic heterocycles. The van der Waals surface area contributed by atoms with Gasteiger partial charge in [-0.1, -0.05) is 30.0 Å². The fraction of sp³-hybridized carbons (Fsp3) is 0.111. The molecule has 0 spiro atoms. The molecule has 5 heteroatoms. The summed E-state index contributed by atoms with van der Waals surface area (Å²) >= 11 is 0. The number of hydrogen-bond donors (Lipinski definition) is 3. The lowest BCUT2D eigenvalue weighted by Crippen LogP contribution is -2.29. The summed E-state index contributed by atoms with van der Waals surface area (Å²) in [4.78, 5) is 22.7. The van der Waals surface area contributed by atoms with Crippen molar-refractivity contribution in [2.75, 3.05) is 11.9 Å². The van der Waals surface area contributed by atoms with E-state index < -0.39 is 5.91 Å². The van der Waals surface area contributed by atoms with Crippen LogP contribution < -0.4 is 16.4 Å². The number of carbonyl (C=O) groups excluding carboxylic acids is 2. The number of benzene rings is 2. The summed E-state index contributed by atoms with van der Waals surface area (Å²) in [5.74, 6) is 5.27. The van der Waals surface area contributed by atoms with Gasteiger partial charge in [-0.15, -0.1) is 0 Å². The number of carbonyl (C=O) groups is 2. The van der Waals surface area contributed by atoms with E-state index in [0.29, 0.717) is 5.56 Å². The first-order valence-corrected chi connectivity index (χ1v) is 7.05. The molecule has 0 bridgehead atoms. The average molecular weight is 307 g/mol. The molecule has 5 nitrogen and oxygen atoms in total. The van der Waals surface area contributed by atoms with Crippen LogP contribution in [0.15, 0.2) is 48.5 Å². The van der Waals surface area contributed by atoms with Crippen molar-refractivity contribution in [2.45, 2.75) is 6.92 Å². The number of nitrogens with two attached hydrogens (primary N) is 1. The van der Waals surface area contributed by atoms with Crippen LogP contribution in [0.2, 0.25) is 0 Å². The number of hydrogen-bond acceptors (Lipinski definition) is 2. The summed E-state index contributed by atoms with van der Waals surface area (Å²) in [7, 11) is 0. The number of anilines is 1. The second-order valence-corrected chi connectivity index (χ2v) is 4.87. The lowest BCUT2D eigenvalue weighted by molar-refractivity contribution is 0.100. The summed E-state index contributed by atoms with van der Waals surface area (Å²) in [6.07, 6.45) is 0. The highest BCUT2D eigenvalue weighted by Crippen LogP contribution is 2.12. The Balaban J connectivity index is 1.84. The average Bonchev–Trinajstić information content (AvgIpc) is 2.54. The predicted octanol–water partition coefficient (Wildman–Crippen LogP) is 2.27. The molecule has 0 saturated heterocycles.